The molecule has 0 saturated heterocycles. The van der Waals surface area contributed by atoms with Gasteiger partial charge in [0.05, 0.1) is 21.2 Å². The third-order valence-corrected chi connectivity index (χ3v) is 8.90. The van der Waals surface area contributed by atoms with Crippen LogP contribution in [0.3, 0.4) is 0 Å². The highest BCUT2D eigenvalue weighted by Gasteiger charge is 2.21. The Morgan fingerprint density at radius 2 is 1.24 bits per heavy atom. The van der Waals surface area contributed by atoms with E-state index in [2.05, 4.69) is 15.5 Å². The minimum Gasteiger partial charge on any atom is -0.355 e. The summed E-state index contributed by atoms with van der Waals surface area (Å²) in [5.74, 6) is 0. The fourth-order valence-electron chi connectivity index (χ4n) is 4.57. The molecule has 0 aliphatic heterocycles. The molecule has 12 nitrogen and oxygen atoms in total. The summed E-state index contributed by atoms with van der Waals surface area (Å²) in [4.78, 5) is -1.48. The molecule has 0 aromatic heterocycles. The lowest BCUT2D eigenvalue weighted by Crippen LogP contribution is -2.01. The third-order valence-electron chi connectivity index (χ3n) is 6.34. The summed E-state index contributed by atoms with van der Waals surface area (Å²) in [5, 5.41) is 12.3. The first kappa shape index (κ1) is 29.2. The van der Waals surface area contributed by atoms with Crippen LogP contribution in [0, 0.1) is 6.92 Å². The van der Waals surface area contributed by atoms with Gasteiger partial charge in [0.2, 0.25) is 0 Å². The summed E-state index contributed by atoms with van der Waals surface area (Å²) < 4.78 is 101. The lowest BCUT2D eigenvalue weighted by Gasteiger charge is -2.14. The molecular weight excluding hydrogens is 607 g/mol. The monoisotopic (exact) mass is 627 g/mol. The Morgan fingerprint density at radius 3 is 1.86 bits per heavy atom. The minimum absolute atomic E-state index is 0.0348. The van der Waals surface area contributed by atoms with E-state index in [4.69, 9.17) is 0 Å². The van der Waals surface area contributed by atoms with Crippen molar-refractivity contribution in [1.29, 1.82) is 0 Å². The lowest BCUT2D eigenvalue weighted by atomic mass is 10.0. The first-order chi connectivity index (χ1) is 19.6. The van der Waals surface area contributed by atoms with Gasteiger partial charge < -0.3 is 5.32 Å². The van der Waals surface area contributed by atoms with E-state index < -0.39 is 40.1 Å². The topological polar surface area (TPSA) is 200 Å². The quantitative estimate of drug-likeness (QED) is 0.119. The Hall–Kier alpha value is -4.25. The number of azo groups is 1. The number of anilines is 2. The van der Waals surface area contributed by atoms with Crippen LogP contribution in [0.15, 0.2) is 110 Å². The van der Waals surface area contributed by atoms with Gasteiger partial charge in [-0.15, -0.1) is 10.2 Å². The van der Waals surface area contributed by atoms with Crippen LogP contribution in [-0.2, 0) is 30.4 Å². The second-order valence-corrected chi connectivity index (χ2v) is 13.4. The molecule has 0 fully saturated rings. The van der Waals surface area contributed by atoms with Crippen molar-refractivity contribution < 1.29 is 38.9 Å². The Bertz CT molecular complexity index is 2250. The fraction of sp³-hybridized carbons (Fsp3) is 0.0370. The highest BCUT2D eigenvalue weighted by atomic mass is 32.2. The molecule has 0 unspecified atom stereocenters. The zero-order valence-electron chi connectivity index (χ0n) is 21.5. The van der Waals surface area contributed by atoms with E-state index >= 15 is 0 Å². The molecule has 0 heterocycles. The molecule has 0 aliphatic carbocycles. The van der Waals surface area contributed by atoms with Crippen LogP contribution in [0.4, 0.5) is 22.7 Å². The van der Waals surface area contributed by atoms with Crippen molar-refractivity contribution in [2.24, 2.45) is 10.2 Å². The number of hydrogen-bond donors (Lipinski definition) is 4. The molecule has 42 heavy (non-hydrogen) atoms. The van der Waals surface area contributed by atoms with Gasteiger partial charge in [0.25, 0.3) is 30.4 Å². The smallest absolute Gasteiger partial charge is 0.295 e. The van der Waals surface area contributed by atoms with Gasteiger partial charge in [0.15, 0.2) is 0 Å². The van der Waals surface area contributed by atoms with Crippen LogP contribution in [0.5, 0.6) is 0 Å². The van der Waals surface area contributed by atoms with Crippen molar-refractivity contribution in [3.05, 3.63) is 90.5 Å². The van der Waals surface area contributed by atoms with E-state index in [1.807, 2.05) is 6.07 Å². The number of hydrogen-bond acceptors (Lipinski definition) is 9. The van der Waals surface area contributed by atoms with Crippen LogP contribution in [0.25, 0.3) is 21.5 Å². The SMILES string of the molecule is Cc1cc(S(=O)(=O)O)cc2cc(S(=O)(=O)O)cc(N=Nc3ccc(Nc4ccccc4)c4c(S(=O)(=O)O)cccc34)c12. The van der Waals surface area contributed by atoms with Crippen molar-refractivity contribution >= 4 is 74.6 Å². The highest BCUT2D eigenvalue weighted by Crippen LogP contribution is 2.40. The van der Waals surface area contributed by atoms with Crippen LogP contribution in [0.2, 0.25) is 0 Å². The van der Waals surface area contributed by atoms with Crippen molar-refractivity contribution in [1.82, 2.24) is 0 Å². The summed E-state index contributed by atoms with van der Waals surface area (Å²) >= 11 is 0. The summed E-state index contributed by atoms with van der Waals surface area (Å²) in [6.07, 6.45) is 0. The second-order valence-electron chi connectivity index (χ2n) is 9.21. The van der Waals surface area contributed by atoms with Crippen molar-refractivity contribution in [3.63, 3.8) is 0 Å². The van der Waals surface area contributed by atoms with Gasteiger partial charge in [0.1, 0.15) is 4.90 Å². The number of nitrogens with zero attached hydrogens (tertiary/aromatic N) is 2. The van der Waals surface area contributed by atoms with Gasteiger partial charge >= 0.3 is 0 Å². The lowest BCUT2D eigenvalue weighted by molar-refractivity contribution is 0.481. The normalized spacial score (nSPS) is 12.8. The standard InChI is InChI=1S/C27H21N3O9S3/c1-16-12-19(40(31,32)33)13-17-14-20(41(34,35)36)15-24(26(16)17)30-29-22-10-11-23(28-18-6-3-2-4-7-18)27-21(22)8-5-9-25(27)42(37,38)39/h2-15,28H,1H3,(H,31,32,33)(H,34,35,36)(H,37,38,39). The Balaban J connectivity index is 1.74. The van der Waals surface area contributed by atoms with Crippen molar-refractivity contribution in [2.75, 3.05) is 5.32 Å². The Morgan fingerprint density at radius 1 is 0.619 bits per heavy atom. The number of rotatable bonds is 7. The summed E-state index contributed by atoms with van der Waals surface area (Å²) in [5.41, 5.74) is 1.37. The number of nitrogens with one attached hydrogen (secondary N) is 1. The van der Waals surface area contributed by atoms with E-state index in [9.17, 15) is 38.9 Å². The fourth-order valence-corrected chi connectivity index (χ4v) is 6.44. The van der Waals surface area contributed by atoms with E-state index in [0.29, 0.717) is 16.9 Å². The van der Waals surface area contributed by atoms with Crippen LogP contribution in [0.1, 0.15) is 5.56 Å². The average Bonchev–Trinajstić information content (AvgIpc) is 2.90. The van der Waals surface area contributed by atoms with Crippen molar-refractivity contribution in [2.45, 2.75) is 21.6 Å². The van der Waals surface area contributed by atoms with E-state index in [-0.39, 0.29) is 37.8 Å². The number of benzene rings is 5. The van der Waals surface area contributed by atoms with E-state index in [0.717, 1.165) is 18.2 Å². The van der Waals surface area contributed by atoms with Gasteiger partial charge in [-0.25, -0.2) is 0 Å². The molecule has 0 bridgehead atoms. The van der Waals surface area contributed by atoms with E-state index in [1.54, 1.807) is 30.3 Å². The zero-order chi connectivity index (χ0) is 30.4. The molecule has 5 rings (SSSR count). The van der Waals surface area contributed by atoms with Gasteiger partial charge in [-0.2, -0.15) is 25.3 Å². The molecule has 0 aliphatic rings. The van der Waals surface area contributed by atoms with Gasteiger partial charge in [-0.1, -0.05) is 30.3 Å². The Labute approximate surface area is 240 Å². The molecule has 5 aromatic rings. The van der Waals surface area contributed by atoms with Gasteiger partial charge in [0, 0.05) is 27.5 Å². The van der Waals surface area contributed by atoms with E-state index in [1.165, 1.54) is 37.3 Å². The molecule has 5 aromatic carbocycles. The number of fused-ring (bicyclic) bond motifs is 2. The maximum atomic E-state index is 12.3. The predicted octanol–water partition coefficient (Wildman–Crippen LogP) is 6.20. The van der Waals surface area contributed by atoms with Gasteiger partial charge in [-0.3, -0.25) is 13.7 Å². The first-order valence-electron chi connectivity index (χ1n) is 11.9. The summed E-state index contributed by atoms with van der Waals surface area (Å²) in [6, 6.07) is 20.4. The predicted molar refractivity (Wildman–Crippen MR) is 156 cm³/mol. The maximum absolute atomic E-state index is 12.3. The molecule has 15 heteroatoms. The summed E-state index contributed by atoms with van der Waals surface area (Å²) in [7, 11) is -14.1. The van der Waals surface area contributed by atoms with Crippen LogP contribution >= 0.6 is 0 Å². The van der Waals surface area contributed by atoms with Crippen LogP contribution in [-0.4, -0.2) is 38.9 Å². The number of para-hydroxylation sites is 1. The van der Waals surface area contributed by atoms with Crippen LogP contribution < -0.4 is 5.32 Å². The average molecular weight is 628 g/mol. The maximum Gasteiger partial charge on any atom is 0.295 e. The second kappa shape index (κ2) is 10.5. The minimum atomic E-state index is -4.77. The molecule has 0 atom stereocenters. The molecule has 4 N–H and O–H groups in total. The molecular formula is C27H21N3O9S3. The molecule has 0 spiro atoms. The van der Waals surface area contributed by atoms with Crippen molar-refractivity contribution in [3.8, 4) is 0 Å². The zero-order valence-corrected chi connectivity index (χ0v) is 23.9. The summed E-state index contributed by atoms with van der Waals surface area (Å²) in [6.45, 7) is 1.51. The molecule has 216 valence electrons. The molecule has 0 amide bonds. The first-order valence-corrected chi connectivity index (χ1v) is 16.3. The van der Waals surface area contributed by atoms with Gasteiger partial charge in [-0.05, 0) is 72.5 Å². The molecule has 0 radical (unpaired) electrons. The largest absolute Gasteiger partial charge is 0.355 e. The third kappa shape index (κ3) is 5.87. The number of aryl methyl sites for hydroxylation is 1. The molecule has 0 saturated carbocycles. The Kier molecular flexibility index (Phi) is 7.34. The highest BCUT2D eigenvalue weighted by molar-refractivity contribution is 7.86.